The van der Waals surface area contributed by atoms with Crippen LogP contribution >= 0.6 is 0 Å². The van der Waals surface area contributed by atoms with Crippen molar-refractivity contribution < 1.29 is 14.3 Å². The Morgan fingerprint density at radius 1 is 1.00 bits per heavy atom. The zero-order valence-electron chi connectivity index (χ0n) is 19.7. The summed E-state index contributed by atoms with van der Waals surface area (Å²) in [5.41, 5.74) is 3.11. The maximum Gasteiger partial charge on any atom is 0.253 e. The Bertz CT molecular complexity index is 1100. The van der Waals surface area contributed by atoms with Crippen molar-refractivity contribution in [3.05, 3.63) is 71.9 Å². The quantitative estimate of drug-likeness (QED) is 0.534. The number of amides is 1. The molecule has 2 aromatic carbocycles. The topological polar surface area (TPSA) is 54.9 Å². The number of carbonyl (C=O) groups excluding carboxylic acids is 1. The molecule has 178 valence electrons. The van der Waals surface area contributed by atoms with Gasteiger partial charge in [0.1, 0.15) is 12.4 Å². The van der Waals surface area contributed by atoms with Crippen molar-refractivity contribution in [3.8, 4) is 5.75 Å². The Morgan fingerprint density at radius 2 is 1.85 bits per heavy atom. The first-order valence-electron chi connectivity index (χ1n) is 12.4. The molecule has 0 aliphatic carbocycles. The lowest BCUT2D eigenvalue weighted by Crippen LogP contribution is -2.39. The number of hydrogen-bond acceptors (Lipinski definition) is 5. The average Bonchev–Trinajstić information content (AvgIpc) is 2.89. The molecule has 0 saturated carbocycles. The molecule has 0 N–H and O–H groups in total. The van der Waals surface area contributed by atoms with Gasteiger partial charge in [0.05, 0.1) is 18.7 Å². The van der Waals surface area contributed by atoms with Crippen LogP contribution in [0.5, 0.6) is 5.75 Å². The molecular formula is C28H33N3O3. The number of likely N-dealkylation sites (tertiary alicyclic amines) is 1. The van der Waals surface area contributed by atoms with Crippen molar-refractivity contribution in [2.45, 2.75) is 19.3 Å². The van der Waals surface area contributed by atoms with Gasteiger partial charge in [0.25, 0.3) is 5.91 Å². The highest BCUT2D eigenvalue weighted by Crippen LogP contribution is 2.25. The summed E-state index contributed by atoms with van der Waals surface area (Å²) in [6.07, 6.45) is 4.96. The number of ether oxygens (including phenoxy) is 2. The summed E-state index contributed by atoms with van der Waals surface area (Å²) in [4.78, 5) is 21.9. The monoisotopic (exact) mass is 459 g/mol. The second-order valence-electron chi connectivity index (χ2n) is 9.30. The third kappa shape index (κ3) is 5.75. The molecule has 3 heterocycles. The summed E-state index contributed by atoms with van der Waals surface area (Å²) >= 11 is 0. The van der Waals surface area contributed by atoms with Crippen molar-refractivity contribution in [1.82, 2.24) is 14.8 Å². The summed E-state index contributed by atoms with van der Waals surface area (Å²) in [5.74, 6) is 1.47. The van der Waals surface area contributed by atoms with Gasteiger partial charge in [-0.25, -0.2) is 0 Å². The van der Waals surface area contributed by atoms with Crippen LogP contribution in [0.1, 0.15) is 28.8 Å². The van der Waals surface area contributed by atoms with Gasteiger partial charge in [0, 0.05) is 49.9 Å². The number of piperidine rings is 1. The lowest BCUT2D eigenvalue weighted by atomic mass is 9.89. The number of pyridine rings is 1. The molecule has 0 atom stereocenters. The van der Waals surface area contributed by atoms with Crippen LogP contribution in [0.3, 0.4) is 0 Å². The second kappa shape index (κ2) is 11.0. The van der Waals surface area contributed by atoms with Gasteiger partial charge in [-0.3, -0.25) is 14.7 Å². The highest BCUT2D eigenvalue weighted by molar-refractivity contribution is 5.94. The molecule has 2 saturated heterocycles. The first kappa shape index (κ1) is 22.8. The van der Waals surface area contributed by atoms with E-state index in [-0.39, 0.29) is 5.91 Å². The number of rotatable bonds is 7. The van der Waals surface area contributed by atoms with E-state index in [1.807, 2.05) is 41.4 Å². The minimum atomic E-state index is 0.105. The minimum Gasteiger partial charge on any atom is -0.492 e. The summed E-state index contributed by atoms with van der Waals surface area (Å²) in [5, 5.41) is 1.19. The van der Waals surface area contributed by atoms with Gasteiger partial charge in [0.15, 0.2) is 0 Å². The van der Waals surface area contributed by atoms with E-state index in [4.69, 9.17) is 9.47 Å². The molecule has 6 nitrogen and oxygen atoms in total. The Morgan fingerprint density at radius 3 is 2.71 bits per heavy atom. The molecular weight excluding hydrogens is 426 g/mol. The van der Waals surface area contributed by atoms with Crippen molar-refractivity contribution >= 4 is 16.8 Å². The first-order valence-corrected chi connectivity index (χ1v) is 12.4. The van der Waals surface area contributed by atoms with Crippen molar-refractivity contribution in [2.75, 3.05) is 52.5 Å². The fourth-order valence-corrected chi connectivity index (χ4v) is 4.94. The van der Waals surface area contributed by atoms with E-state index in [2.05, 4.69) is 34.1 Å². The lowest BCUT2D eigenvalue weighted by molar-refractivity contribution is 0.0322. The smallest absolute Gasteiger partial charge is 0.253 e. The molecule has 0 bridgehead atoms. The molecule has 5 rings (SSSR count). The summed E-state index contributed by atoms with van der Waals surface area (Å²) < 4.78 is 11.3. The van der Waals surface area contributed by atoms with E-state index in [1.54, 1.807) is 0 Å². The second-order valence-corrected chi connectivity index (χ2v) is 9.30. The van der Waals surface area contributed by atoms with Crippen LogP contribution in [-0.2, 0) is 11.2 Å². The van der Waals surface area contributed by atoms with Crippen molar-refractivity contribution in [1.29, 1.82) is 0 Å². The van der Waals surface area contributed by atoms with Crippen LogP contribution in [0.15, 0.2) is 60.8 Å². The molecule has 3 aromatic rings. The van der Waals surface area contributed by atoms with Gasteiger partial charge < -0.3 is 14.4 Å². The number of morpholine rings is 1. The van der Waals surface area contributed by atoms with Gasteiger partial charge >= 0.3 is 0 Å². The number of hydrogen-bond donors (Lipinski definition) is 0. The van der Waals surface area contributed by atoms with E-state index in [0.29, 0.717) is 18.1 Å². The summed E-state index contributed by atoms with van der Waals surface area (Å²) in [7, 11) is 0. The van der Waals surface area contributed by atoms with Gasteiger partial charge in [0.2, 0.25) is 0 Å². The zero-order valence-corrected chi connectivity index (χ0v) is 19.7. The third-order valence-corrected chi connectivity index (χ3v) is 6.95. The van der Waals surface area contributed by atoms with Crippen LogP contribution < -0.4 is 4.74 Å². The number of nitrogens with zero attached hydrogens (tertiary/aromatic N) is 3. The number of carbonyl (C=O) groups is 1. The van der Waals surface area contributed by atoms with Crippen molar-refractivity contribution in [3.63, 3.8) is 0 Å². The van der Waals surface area contributed by atoms with E-state index < -0.39 is 0 Å². The molecule has 0 radical (unpaired) electrons. The normalized spacial score (nSPS) is 17.7. The summed E-state index contributed by atoms with van der Waals surface area (Å²) in [6.45, 7) is 6.60. The van der Waals surface area contributed by atoms with E-state index in [0.717, 1.165) is 76.5 Å². The van der Waals surface area contributed by atoms with E-state index >= 15 is 0 Å². The Labute approximate surface area is 201 Å². The molecule has 1 aromatic heterocycles. The first-order chi connectivity index (χ1) is 16.7. The highest BCUT2D eigenvalue weighted by Gasteiger charge is 2.24. The van der Waals surface area contributed by atoms with Crippen LogP contribution in [0.2, 0.25) is 0 Å². The fourth-order valence-electron chi connectivity index (χ4n) is 4.94. The highest BCUT2D eigenvalue weighted by atomic mass is 16.5. The molecule has 2 aliphatic heterocycles. The van der Waals surface area contributed by atoms with Crippen LogP contribution in [-0.4, -0.2) is 73.2 Å². The number of fused-ring (bicyclic) bond motifs is 1. The van der Waals surface area contributed by atoms with E-state index in [1.165, 1.54) is 10.9 Å². The lowest BCUT2D eigenvalue weighted by Gasteiger charge is -2.32. The fraction of sp³-hybridized carbons (Fsp3) is 0.429. The minimum absolute atomic E-state index is 0.105. The molecule has 0 unspecified atom stereocenters. The Balaban J connectivity index is 1.11. The molecule has 6 heteroatoms. The maximum atomic E-state index is 13.1. The molecule has 2 fully saturated rings. The molecule has 1 amide bonds. The maximum absolute atomic E-state index is 13.1. The SMILES string of the molecule is O=C(c1cccc(OCCN2CCOCC2)c1)N1CCC(Cc2ccc3ncccc3c2)CC1. The molecule has 34 heavy (non-hydrogen) atoms. The van der Waals surface area contributed by atoms with Gasteiger partial charge in [-0.2, -0.15) is 0 Å². The van der Waals surface area contributed by atoms with Crippen molar-refractivity contribution in [2.24, 2.45) is 5.92 Å². The van der Waals surface area contributed by atoms with Crippen LogP contribution in [0.4, 0.5) is 0 Å². The molecule has 2 aliphatic rings. The van der Waals surface area contributed by atoms with Crippen LogP contribution in [0.25, 0.3) is 10.9 Å². The van der Waals surface area contributed by atoms with Gasteiger partial charge in [-0.1, -0.05) is 18.2 Å². The average molecular weight is 460 g/mol. The molecule has 0 spiro atoms. The number of aromatic nitrogens is 1. The summed E-state index contributed by atoms with van der Waals surface area (Å²) in [6, 6.07) is 18.3. The number of benzene rings is 2. The zero-order chi connectivity index (χ0) is 23.2. The predicted molar refractivity (Wildman–Crippen MR) is 133 cm³/mol. The van der Waals surface area contributed by atoms with Gasteiger partial charge in [-0.05, 0) is 67.1 Å². The standard InChI is InChI=1S/C28H33N3O3/c32-28(25-3-1-5-26(21-25)34-18-15-30-13-16-33-17-14-30)31-11-8-22(9-12-31)19-23-6-7-27-24(20-23)4-2-10-29-27/h1-7,10,20-22H,8-9,11-19H2. The van der Waals surface area contributed by atoms with Gasteiger partial charge in [-0.15, -0.1) is 0 Å². The van der Waals surface area contributed by atoms with Crippen LogP contribution in [0, 0.1) is 5.92 Å². The Hall–Kier alpha value is -2.96. The largest absolute Gasteiger partial charge is 0.492 e. The van der Waals surface area contributed by atoms with E-state index in [9.17, 15) is 4.79 Å². The predicted octanol–water partition coefficient (Wildman–Crippen LogP) is 4.04. The Kier molecular flexibility index (Phi) is 7.37. The third-order valence-electron chi connectivity index (χ3n) is 6.95.